The fourth-order valence-electron chi connectivity index (χ4n) is 3.33. The van der Waals surface area contributed by atoms with E-state index >= 15 is 0 Å². The third-order valence-electron chi connectivity index (χ3n) is 5.38. The van der Waals surface area contributed by atoms with Crippen LogP contribution in [0.4, 0.5) is 0 Å². The lowest BCUT2D eigenvalue weighted by Crippen LogP contribution is -2.31. The molecule has 0 bridgehead atoms. The van der Waals surface area contributed by atoms with E-state index in [1.54, 1.807) is 0 Å². The smallest absolute Gasteiger partial charge is 0.316 e. The molecule has 0 aromatic heterocycles. The number of unbranched alkanes of at least 4 members (excludes halogenated alkanes) is 11. The number of rotatable bonds is 23. The van der Waals surface area contributed by atoms with Crippen LogP contribution in [0.5, 0.6) is 0 Å². The van der Waals surface area contributed by atoms with Gasteiger partial charge in [-0.3, -0.25) is 14.4 Å². The van der Waals surface area contributed by atoms with Crippen molar-refractivity contribution < 1.29 is 39.2 Å². The third-order valence-corrected chi connectivity index (χ3v) is 5.90. The molecule has 10 heteroatoms. The number of thiol groups is 2. The Morgan fingerprint density at radius 3 is 1.81 bits per heavy atom. The summed E-state index contributed by atoms with van der Waals surface area (Å²) in [6, 6.07) is 0. The SMILES string of the molecule is CCCCCCCC/C=C\CCCCCCCC(=O)O.O=C(CS)OCC(CC(O)CO)OC(=O)CS. The van der Waals surface area contributed by atoms with Crippen molar-refractivity contribution in [2.45, 2.75) is 115 Å². The minimum atomic E-state index is -1.04. The molecule has 2 unspecified atom stereocenters. The molecule has 0 saturated heterocycles. The second-order valence-electron chi connectivity index (χ2n) is 8.91. The number of hydrogen-bond acceptors (Lipinski definition) is 9. The summed E-state index contributed by atoms with van der Waals surface area (Å²) in [4.78, 5) is 32.2. The van der Waals surface area contributed by atoms with Gasteiger partial charge < -0.3 is 24.8 Å². The van der Waals surface area contributed by atoms with Crippen molar-refractivity contribution in [2.75, 3.05) is 24.7 Å². The number of esters is 2. The molecule has 218 valence electrons. The summed E-state index contributed by atoms with van der Waals surface area (Å²) >= 11 is 7.44. The van der Waals surface area contributed by atoms with Gasteiger partial charge in [-0.2, -0.15) is 25.3 Å². The Bertz CT molecular complexity index is 587. The van der Waals surface area contributed by atoms with E-state index in [-0.39, 0.29) is 24.5 Å². The van der Waals surface area contributed by atoms with Crippen LogP contribution >= 0.6 is 25.3 Å². The maximum atomic E-state index is 11.0. The summed E-state index contributed by atoms with van der Waals surface area (Å²) in [5.41, 5.74) is 0. The van der Waals surface area contributed by atoms with E-state index in [4.69, 9.17) is 19.7 Å². The summed E-state index contributed by atoms with van der Waals surface area (Å²) < 4.78 is 9.61. The lowest BCUT2D eigenvalue weighted by Gasteiger charge is -2.19. The normalized spacial score (nSPS) is 12.5. The van der Waals surface area contributed by atoms with Gasteiger partial charge in [0.1, 0.15) is 12.7 Å². The Kier molecular flexibility index (Phi) is 30.1. The Hall–Kier alpha value is -1.23. The topological polar surface area (TPSA) is 130 Å². The van der Waals surface area contributed by atoms with Crippen molar-refractivity contribution in [1.29, 1.82) is 0 Å². The summed E-state index contributed by atoms with van der Waals surface area (Å²) in [6.45, 7) is 1.61. The van der Waals surface area contributed by atoms with Gasteiger partial charge in [-0.05, 0) is 32.1 Å². The van der Waals surface area contributed by atoms with Crippen LogP contribution in [-0.2, 0) is 23.9 Å². The van der Waals surface area contributed by atoms with Crippen LogP contribution in [-0.4, -0.2) is 70.2 Å². The molecule has 0 aromatic carbocycles. The van der Waals surface area contributed by atoms with E-state index in [1.165, 1.54) is 70.6 Å². The Morgan fingerprint density at radius 2 is 1.32 bits per heavy atom. The van der Waals surface area contributed by atoms with Crippen LogP contribution in [0.3, 0.4) is 0 Å². The minimum absolute atomic E-state index is 0.0180. The standard InChI is InChI=1S/C18H34O2.C9H16O6S2/c1-2-3-4-5-6-7-8-9-10-11-12-13-14-15-16-17-18(19)20;10-2-6(11)1-7(15-9(13)5-17)3-14-8(12)4-16/h9-10H,2-8,11-17H2,1H3,(H,19,20);6-7,10-11,16-17H,1-5H2/b10-9-;. The zero-order valence-electron chi connectivity index (χ0n) is 22.5. The fourth-order valence-corrected chi connectivity index (χ4v) is 3.50. The molecule has 0 saturated carbocycles. The molecule has 8 nitrogen and oxygen atoms in total. The molecule has 0 heterocycles. The molecule has 0 amide bonds. The molecule has 37 heavy (non-hydrogen) atoms. The van der Waals surface area contributed by atoms with Crippen LogP contribution in [0.2, 0.25) is 0 Å². The van der Waals surface area contributed by atoms with Crippen molar-refractivity contribution in [3.05, 3.63) is 12.2 Å². The number of carbonyl (C=O) groups excluding carboxylic acids is 2. The molecule has 0 aliphatic rings. The molecule has 0 fully saturated rings. The number of aliphatic hydroxyl groups excluding tert-OH is 2. The molecule has 0 spiro atoms. The Morgan fingerprint density at radius 1 is 0.811 bits per heavy atom. The summed E-state index contributed by atoms with van der Waals surface area (Å²) in [7, 11) is 0. The fraction of sp³-hybridized carbons (Fsp3) is 0.815. The van der Waals surface area contributed by atoms with Crippen LogP contribution in [0.15, 0.2) is 12.2 Å². The van der Waals surface area contributed by atoms with E-state index in [2.05, 4.69) is 44.3 Å². The highest BCUT2D eigenvalue weighted by atomic mass is 32.1. The second kappa shape index (κ2) is 29.3. The maximum Gasteiger partial charge on any atom is 0.316 e. The minimum Gasteiger partial charge on any atom is -0.481 e. The van der Waals surface area contributed by atoms with E-state index in [1.807, 2.05) is 0 Å². The largest absolute Gasteiger partial charge is 0.481 e. The van der Waals surface area contributed by atoms with Crippen LogP contribution in [0.25, 0.3) is 0 Å². The van der Waals surface area contributed by atoms with Crippen LogP contribution < -0.4 is 0 Å². The zero-order chi connectivity index (χ0) is 28.2. The van der Waals surface area contributed by atoms with Crippen molar-refractivity contribution in [3.8, 4) is 0 Å². The summed E-state index contributed by atoms with van der Waals surface area (Å²) in [5.74, 6) is -2.02. The first-order valence-electron chi connectivity index (χ1n) is 13.5. The Balaban J connectivity index is 0. The molecule has 0 aromatic rings. The van der Waals surface area contributed by atoms with Crippen LogP contribution in [0.1, 0.15) is 103 Å². The first-order chi connectivity index (χ1) is 17.8. The molecule has 0 aliphatic carbocycles. The number of hydrogen-bond donors (Lipinski definition) is 5. The van der Waals surface area contributed by atoms with E-state index < -0.39 is 36.7 Å². The lowest BCUT2D eigenvalue weighted by molar-refractivity contribution is -0.157. The maximum absolute atomic E-state index is 11.0. The lowest BCUT2D eigenvalue weighted by atomic mass is 10.1. The zero-order valence-corrected chi connectivity index (χ0v) is 24.3. The van der Waals surface area contributed by atoms with Crippen molar-refractivity contribution in [1.82, 2.24) is 0 Å². The molecule has 3 N–H and O–H groups in total. The molecule has 2 atom stereocenters. The number of ether oxygens (including phenoxy) is 2. The van der Waals surface area contributed by atoms with Gasteiger partial charge in [0, 0.05) is 12.8 Å². The predicted octanol–water partition coefficient (Wildman–Crippen LogP) is 5.15. The highest BCUT2D eigenvalue weighted by molar-refractivity contribution is 7.81. The molecule has 0 rings (SSSR count). The van der Waals surface area contributed by atoms with E-state index in [0.29, 0.717) is 6.42 Å². The summed E-state index contributed by atoms with van der Waals surface area (Å²) in [5, 5.41) is 26.4. The van der Waals surface area contributed by atoms with Gasteiger partial charge in [0.2, 0.25) is 0 Å². The first-order valence-corrected chi connectivity index (χ1v) is 14.8. The van der Waals surface area contributed by atoms with E-state index in [9.17, 15) is 19.5 Å². The average Bonchev–Trinajstić information content (AvgIpc) is 2.89. The van der Waals surface area contributed by atoms with Gasteiger partial charge in [0.05, 0.1) is 24.2 Å². The van der Waals surface area contributed by atoms with Crippen molar-refractivity contribution in [3.63, 3.8) is 0 Å². The predicted molar refractivity (Wildman–Crippen MR) is 153 cm³/mol. The molecule has 0 radical (unpaired) electrons. The highest BCUT2D eigenvalue weighted by Gasteiger charge is 2.19. The van der Waals surface area contributed by atoms with Gasteiger partial charge in [-0.1, -0.05) is 70.4 Å². The quantitative estimate of drug-likeness (QED) is 0.0497. The summed E-state index contributed by atoms with van der Waals surface area (Å²) in [6.07, 6.45) is 19.4. The first kappa shape index (κ1) is 37.9. The average molecular weight is 567 g/mol. The third kappa shape index (κ3) is 30.9. The highest BCUT2D eigenvalue weighted by Crippen LogP contribution is 2.10. The second-order valence-corrected chi connectivity index (χ2v) is 9.54. The van der Waals surface area contributed by atoms with Crippen LogP contribution in [0, 0.1) is 0 Å². The number of aliphatic carboxylic acids is 1. The van der Waals surface area contributed by atoms with Gasteiger partial charge in [0.15, 0.2) is 0 Å². The number of aliphatic hydroxyl groups is 2. The van der Waals surface area contributed by atoms with Gasteiger partial charge in [0.25, 0.3) is 0 Å². The number of carbonyl (C=O) groups is 3. The van der Waals surface area contributed by atoms with Gasteiger partial charge in [-0.15, -0.1) is 0 Å². The molecular weight excluding hydrogens is 516 g/mol. The molecular formula is C27H50O8S2. The van der Waals surface area contributed by atoms with Crippen molar-refractivity contribution >= 4 is 43.2 Å². The van der Waals surface area contributed by atoms with E-state index in [0.717, 1.165) is 12.8 Å². The number of carboxylic acids is 1. The number of allylic oxidation sites excluding steroid dienone is 2. The van der Waals surface area contributed by atoms with Crippen molar-refractivity contribution in [2.24, 2.45) is 0 Å². The molecule has 0 aliphatic heterocycles. The van der Waals surface area contributed by atoms with Gasteiger partial charge >= 0.3 is 17.9 Å². The number of carboxylic acid groups (broad SMARTS) is 1. The monoisotopic (exact) mass is 566 g/mol. The Labute approximate surface area is 234 Å². The van der Waals surface area contributed by atoms with Gasteiger partial charge in [-0.25, -0.2) is 0 Å².